The number of rotatable bonds is 4. The van der Waals surface area contributed by atoms with Gasteiger partial charge in [0.25, 0.3) is 6.08 Å². The maximum atomic E-state index is 12.0. The molecule has 0 spiro atoms. The summed E-state index contributed by atoms with van der Waals surface area (Å²) >= 11 is 0. The van der Waals surface area contributed by atoms with Crippen LogP contribution in [0.2, 0.25) is 0 Å². The number of hydrogen-bond donors (Lipinski definition) is 0. The van der Waals surface area contributed by atoms with Gasteiger partial charge in [-0.05, 0) is 61.1 Å². The lowest BCUT2D eigenvalue weighted by molar-refractivity contribution is 0.319. The number of allylic oxidation sites excluding steroid dienone is 1. The smallest absolute Gasteiger partial charge is 0.174 e. The second-order valence-electron chi connectivity index (χ2n) is 5.57. The van der Waals surface area contributed by atoms with Crippen LogP contribution in [0.25, 0.3) is 0 Å². The van der Waals surface area contributed by atoms with Crippen molar-refractivity contribution in [3.63, 3.8) is 0 Å². The molecular formula is C17H22F2. The molecule has 0 amide bonds. The predicted octanol–water partition coefficient (Wildman–Crippen LogP) is 5.69. The van der Waals surface area contributed by atoms with Crippen molar-refractivity contribution in [3.8, 4) is 0 Å². The van der Waals surface area contributed by atoms with Crippen LogP contribution in [0.4, 0.5) is 8.78 Å². The molecule has 0 aliphatic heterocycles. The third-order valence-electron chi connectivity index (χ3n) is 4.37. The molecule has 0 atom stereocenters. The zero-order valence-corrected chi connectivity index (χ0v) is 11.5. The van der Waals surface area contributed by atoms with Crippen molar-refractivity contribution in [2.75, 3.05) is 0 Å². The van der Waals surface area contributed by atoms with Crippen LogP contribution in [0.1, 0.15) is 56.1 Å². The fraction of sp³-hybridized carbons (Fsp3) is 0.529. The first kappa shape index (κ1) is 14.2. The summed E-state index contributed by atoms with van der Waals surface area (Å²) in [6, 6.07) is 8.22. The van der Waals surface area contributed by atoms with Gasteiger partial charge in [-0.2, -0.15) is 8.78 Å². The third kappa shape index (κ3) is 4.15. The Bertz CT molecular complexity index is 407. The van der Waals surface area contributed by atoms with E-state index in [1.807, 2.05) is 12.1 Å². The fourth-order valence-corrected chi connectivity index (χ4v) is 3.02. The first-order valence-electron chi connectivity index (χ1n) is 7.29. The third-order valence-corrected chi connectivity index (χ3v) is 4.37. The molecule has 19 heavy (non-hydrogen) atoms. The average molecular weight is 264 g/mol. The number of halogens is 2. The molecule has 0 N–H and O–H groups in total. The molecular weight excluding hydrogens is 242 g/mol. The Balaban J connectivity index is 1.93. The summed E-state index contributed by atoms with van der Waals surface area (Å²) in [7, 11) is 0. The Morgan fingerprint density at radius 2 is 1.74 bits per heavy atom. The molecule has 1 aliphatic rings. The summed E-state index contributed by atoms with van der Waals surface area (Å²) in [4.78, 5) is 0. The van der Waals surface area contributed by atoms with Gasteiger partial charge in [-0.25, -0.2) is 0 Å². The molecule has 0 saturated heterocycles. The lowest BCUT2D eigenvalue weighted by atomic mass is 9.78. The standard InChI is InChI=1S/C17H22F2/c1-2-13-3-8-15(9-4-13)16-10-5-14(6-11-16)7-12-17(18)19/h5-6,10-13,15H,2-4,7-9H2,1H3/t13-,15-. The van der Waals surface area contributed by atoms with E-state index in [9.17, 15) is 8.78 Å². The fourth-order valence-electron chi connectivity index (χ4n) is 3.02. The molecule has 1 aromatic carbocycles. The highest BCUT2D eigenvalue weighted by Crippen LogP contribution is 2.36. The second kappa shape index (κ2) is 6.83. The number of benzene rings is 1. The molecule has 0 radical (unpaired) electrons. The van der Waals surface area contributed by atoms with Gasteiger partial charge in [0, 0.05) is 0 Å². The zero-order valence-electron chi connectivity index (χ0n) is 11.5. The summed E-state index contributed by atoms with van der Waals surface area (Å²) in [5.74, 6) is 1.58. The van der Waals surface area contributed by atoms with Crippen LogP contribution >= 0.6 is 0 Å². The van der Waals surface area contributed by atoms with Crippen LogP contribution in [0.15, 0.2) is 36.4 Å². The second-order valence-corrected chi connectivity index (χ2v) is 5.57. The van der Waals surface area contributed by atoms with Gasteiger partial charge < -0.3 is 0 Å². The lowest BCUT2D eigenvalue weighted by Gasteiger charge is -2.28. The molecule has 0 unspecified atom stereocenters. The Morgan fingerprint density at radius 1 is 1.11 bits per heavy atom. The lowest BCUT2D eigenvalue weighted by Crippen LogP contribution is -2.12. The van der Waals surface area contributed by atoms with Crippen LogP contribution in [-0.2, 0) is 6.42 Å². The minimum Gasteiger partial charge on any atom is -0.174 e. The Labute approximate surface area is 114 Å². The largest absolute Gasteiger partial charge is 0.266 e. The summed E-state index contributed by atoms with van der Waals surface area (Å²) in [6.07, 6.45) is 6.21. The van der Waals surface area contributed by atoms with E-state index in [1.165, 1.54) is 37.7 Å². The monoisotopic (exact) mass is 264 g/mol. The van der Waals surface area contributed by atoms with Gasteiger partial charge in [0.2, 0.25) is 0 Å². The van der Waals surface area contributed by atoms with E-state index in [0.29, 0.717) is 12.3 Å². The molecule has 1 aromatic rings. The van der Waals surface area contributed by atoms with Gasteiger partial charge in [0.05, 0.1) is 0 Å². The van der Waals surface area contributed by atoms with Crippen molar-refractivity contribution in [2.45, 2.75) is 51.4 Å². The quantitative estimate of drug-likeness (QED) is 0.655. The van der Waals surface area contributed by atoms with E-state index in [4.69, 9.17) is 0 Å². The van der Waals surface area contributed by atoms with Crippen molar-refractivity contribution in [1.29, 1.82) is 0 Å². The molecule has 2 rings (SSSR count). The van der Waals surface area contributed by atoms with Crippen molar-refractivity contribution in [2.24, 2.45) is 5.92 Å². The van der Waals surface area contributed by atoms with Gasteiger partial charge in [-0.1, -0.05) is 37.6 Å². The van der Waals surface area contributed by atoms with Gasteiger partial charge in [-0.15, -0.1) is 0 Å². The Hall–Kier alpha value is -1.18. The molecule has 2 heteroatoms. The van der Waals surface area contributed by atoms with Crippen molar-refractivity contribution >= 4 is 0 Å². The van der Waals surface area contributed by atoms with Gasteiger partial charge in [-0.3, -0.25) is 0 Å². The van der Waals surface area contributed by atoms with Crippen molar-refractivity contribution in [1.82, 2.24) is 0 Å². The Morgan fingerprint density at radius 3 is 2.26 bits per heavy atom. The van der Waals surface area contributed by atoms with Crippen LogP contribution in [0.5, 0.6) is 0 Å². The molecule has 0 nitrogen and oxygen atoms in total. The highest BCUT2D eigenvalue weighted by molar-refractivity contribution is 5.27. The normalized spacial score (nSPS) is 23.1. The van der Waals surface area contributed by atoms with E-state index in [2.05, 4.69) is 19.1 Å². The van der Waals surface area contributed by atoms with Crippen LogP contribution in [-0.4, -0.2) is 0 Å². The van der Waals surface area contributed by atoms with E-state index >= 15 is 0 Å². The van der Waals surface area contributed by atoms with E-state index in [-0.39, 0.29) is 0 Å². The Kier molecular flexibility index (Phi) is 5.12. The first-order chi connectivity index (χ1) is 9.19. The molecule has 1 fully saturated rings. The van der Waals surface area contributed by atoms with Crippen LogP contribution < -0.4 is 0 Å². The average Bonchev–Trinajstić information content (AvgIpc) is 2.46. The zero-order chi connectivity index (χ0) is 13.7. The maximum Gasteiger partial charge on any atom is 0.266 e. The molecule has 0 bridgehead atoms. The summed E-state index contributed by atoms with van der Waals surface area (Å²) < 4.78 is 24.0. The summed E-state index contributed by atoms with van der Waals surface area (Å²) in [6.45, 7) is 2.28. The SMILES string of the molecule is CC[C@H]1CC[C@H](c2ccc(CC=C(F)F)cc2)CC1. The van der Waals surface area contributed by atoms with Gasteiger partial charge in [0.1, 0.15) is 0 Å². The van der Waals surface area contributed by atoms with Crippen LogP contribution in [0, 0.1) is 5.92 Å². The van der Waals surface area contributed by atoms with Crippen molar-refractivity contribution in [3.05, 3.63) is 47.5 Å². The summed E-state index contributed by atoms with van der Waals surface area (Å²) in [5, 5.41) is 0. The molecule has 104 valence electrons. The van der Waals surface area contributed by atoms with Crippen LogP contribution in [0.3, 0.4) is 0 Å². The molecule has 1 aliphatic carbocycles. The maximum absolute atomic E-state index is 12.0. The summed E-state index contributed by atoms with van der Waals surface area (Å²) in [5.41, 5.74) is 2.33. The van der Waals surface area contributed by atoms with Gasteiger partial charge >= 0.3 is 0 Å². The molecule has 0 aromatic heterocycles. The molecule has 0 heterocycles. The minimum absolute atomic E-state index is 0.325. The van der Waals surface area contributed by atoms with Crippen molar-refractivity contribution < 1.29 is 8.78 Å². The minimum atomic E-state index is -1.60. The molecule has 1 saturated carbocycles. The van der Waals surface area contributed by atoms with E-state index in [1.54, 1.807) is 0 Å². The topological polar surface area (TPSA) is 0 Å². The highest BCUT2D eigenvalue weighted by atomic mass is 19.3. The highest BCUT2D eigenvalue weighted by Gasteiger charge is 2.20. The number of hydrogen-bond acceptors (Lipinski definition) is 0. The van der Waals surface area contributed by atoms with E-state index in [0.717, 1.165) is 17.6 Å². The van der Waals surface area contributed by atoms with Gasteiger partial charge in [0.15, 0.2) is 0 Å². The van der Waals surface area contributed by atoms with E-state index < -0.39 is 6.08 Å². The first-order valence-corrected chi connectivity index (χ1v) is 7.29. The predicted molar refractivity (Wildman–Crippen MR) is 75.4 cm³/mol.